The molecule has 0 amide bonds. The highest BCUT2D eigenvalue weighted by Crippen LogP contribution is 2.60. The van der Waals surface area contributed by atoms with E-state index in [9.17, 15) is 0 Å². The first-order chi connectivity index (χ1) is 11.8. The van der Waals surface area contributed by atoms with E-state index in [0.29, 0.717) is 5.41 Å². The maximum absolute atomic E-state index is 7.35. The summed E-state index contributed by atoms with van der Waals surface area (Å²) in [6.45, 7) is 32.5. The first-order valence-electron chi connectivity index (χ1n) is 11.2. The summed E-state index contributed by atoms with van der Waals surface area (Å²) in [7, 11) is -3.55. The molecular weight excluding hydrogens is 362 g/mol. The molecule has 0 aliphatic carbocycles. The average molecular weight is 416 g/mol. The van der Waals surface area contributed by atoms with Crippen molar-refractivity contribution in [2.24, 2.45) is 16.6 Å². The minimum atomic E-state index is -1.99. The molecule has 0 bridgehead atoms. The summed E-state index contributed by atoms with van der Waals surface area (Å²) < 4.78 is 7.35. The normalized spacial score (nSPS) is 18.9. The third kappa shape index (κ3) is 6.16. The second-order valence-electron chi connectivity index (χ2n) is 12.3. The van der Waals surface area contributed by atoms with Gasteiger partial charge in [0.15, 0.2) is 8.32 Å². The SMILES string of the molecule is CCC(C)(O[Si](C)(C)C(C)(CC)C(C)(C)CC(C)(C)C)[Si](C)(C)CCCN. The van der Waals surface area contributed by atoms with Crippen molar-refractivity contribution >= 4 is 16.4 Å². The zero-order valence-corrected chi connectivity index (χ0v) is 23.2. The zero-order chi connectivity index (χ0) is 21.9. The molecule has 0 spiro atoms. The van der Waals surface area contributed by atoms with Crippen LogP contribution < -0.4 is 5.73 Å². The fourth-order valence-corrected chi connectivity index (χ4v) is 13.9. The summed E-state index contributed by atoms with van der Waals surface area (Å²) in [6, 6.07) is 1.26. The molecule has 0 aromatic rings. The van der Waals surface area contributed by atoms with E-state index < -0.39 is 16.4 Å². The van der Waals surface area contributed by atoms with Crippen LogP contribution in [-0.2, 0) is 4.43 Å². The summed E-state index contributed by atoms with van der Waals surface area (Å²) in [5, 5.41) is 0.244. The second-order valence-corrected chi connectivity index (χ2v) is 21.9. The molecule has 2 atom stereocenters. The lowest BCUT2D eigenvalue weighted by Gasteiger charge is -2.58. The standard InChI is InChI=1S/C23H53NOSi2/c1-14-22(8,21(6,7)19-20(3,4)5)27(12,13)25-23(9,15-2)26(10,11)18-16-17-24/h14-19,24H2,1-13H3. The van der Waals surface area contributed by atoms with Crippen LogP contribution in [0, 0.1) is 10.8 Å². The Balaban J connectivity index is 5.97. The minimum absolute atomic E-state index is 0.0200. The molecule has 27 heavy (non-hydrogen) atoms. The Morgan fingerprint density at radius 1 is 0.815 bits per heavy atom. The molecule has 2 nitrogen and oxygen atoms in total. The molecule has 0 heterocycles. The highest BCUT2D eigenvalue weighted by Gasteiger charge is 2.57. The summed E-state index contributed by atoms with van der Waals surface area (Å²) in [5.74, 6) is 0. The van der Waals surface area contributed by atoms with Gasteiger partial charge in [0.1, 0.15) is 0 Å². The Morgan fingerprint density at radius 3 is 1.63 bits per heavy atom. The van der Waals surface area contributed by atoms with Gasteiger partial charge < -0.3 is 10.2 Å². The van der Waals surface area contributed by atoms with Crippen LogP contribution in [0.2, 0.25) is 37.3 Å². The van der Waals surface area contributed by atoms with Gasteiger partial charge >= 0.3 is 0 Å². The van der Waals surface area contributed by atoms with Gasteiger partial charge in [-0.05, 0) is 61.7 Å². The van der Waals surface area contributed by atoms with E-state index in [1.54, 1.807) is 0 Å². The Hall–Kier alpha value is 0.354. The largest absolute Gasteiger partial charge is 0.414 e. The molecule has 0 aromatic carbocycles. The summed E-state index contributed by atoms with van der Waals surface area (Å²) >= 11 is 0. The van der Waals surface area contributed by atoms with Crippen LogP contribution in [-0.4, -0.2) is 28.2 Å². The second kappa shape index (κ2) is 9.01. The van der Waals surface area contributed by atoms with E-state index in [1.165, 1.54) is 18.9 Å². The molecule has 164 valence electrons. The van der Waals surface area contributed by atoms with Crippen molar-refractivity contribution in [2.45, 2.75) is 130 Å². The lowest BCUT2D eigenvalue weighted by Crippen LogP contribution is -2.62. The van der Waals surface area contributed by atoms with Crippen LogP contribution in [0.15, 0.2) is 0 Å². The van der Waals surface area contributed by atoms with Crippen LogP contribution in [0.4, 0.5) is 0 Å². The monoisotopic (exact) mass is 415 g/mol. The van der Waals surface area contributed by atoms with Crippen molar-refractivity contribution in [3.63, 3.8) is 0 Å². The van der Waals surface area contributed by atoms with Gasteiger partial charge in [-0.25, -0.2) is 0 Å². The van der Waals surface area contributed by atoms with Crippen molar-refractivity contribution in [1.29, 1.82) is 0 Å². The lowest BCUT2D eigenvalue weighted by atomic mass is 9.68. The summed E-state index contributed by atoms with van der Waals surface area (Å²) in [5.41, 5.74) is 6.41. The predicted molar refractivity (Wildman–Crippen MR) is 130 cm³/mol. The van der Waals surface area contributed by atoms with E-state index in [4.69, 9.17) is 10.2 Å². The van der Waals surface area contributed by atoms with Crippen LogP contribution in [0.5, 0.6) is 0 Å². The van der Waals surface area contributed by atoms with Crippen LogP contribution in [0.3, 0.4) is 0 Å². The summed E-state index contributed by atoms with van der Waals surface area (Å²) in [4.78, 5) is 0. The third-order valence-electron chi connectivity index (χ3n) is 8.09. The molecule has 0 rings (SSSR count). The van der Waals surface area contributed by atoms with Crippen molar-refractivity contribution < 1.29 is 4.43 Å². The maximum atomic E-state index is 7.35. The number of hydrogen-bond donors (Lipinski definition) is 1. The van der Waals surface area contributed by atoms with Crippen molar-refractivity contribution in [3.8, 4) is 0 Å². The molecule has 0 radical (unpaired) electrons. The Kier molecular flexibility index (Phi) is 9.13. The van der Waals surface area contributed by atoms with Gasteiger partial charge in [0.05, 0.1) is 8.07 Å². The number of hydrogen-bond acceptors (Lipinski definition) is 2. The van der Waals surface area contributed by atoms with Gasteiger partial charge in [0.2, 0.25) is 0 Å². The van der Waals surface area contributed by atoms with Gasteiger partial charge in [-0.2, -0.15) is 0 Å². The third-order valence-corrected chi connectivity index (χ3v) is 17.9. The van der Waals surface area contributed by atoms with Gasteiger partial charge in [-0.1, -0.05) is 80.9 Å². The Bertz CT molecular complexity index is 467. The smallest absolute Gasteiger partial charge is 0.193 e. The molecule has 0 saturated heterocycles. The van der Waals surface area contributed by atoms with Crippen LogP contribution in [0.1, 0.15) is 88.0 Å². The lowest BCUT2D eigenvalue weighted by molar-refractivity contribution is 0.0885. The molecule has 0 fully saturated rings. The molecule has 0 aliphatic heterocycles. The summed E-state index contributed by atoms with van der Waals surface area (Å²) in [6.07, 6.45) is 4.63. The van der Waals surface area contributed by atoms with E-state index in [0.717, 1.165) is 19.4 Å². The van der Waals surface area contributed by atoms with Gasteiger partial charge in [0, 0.05) is 5.22 Å². The highest BCUT2D eigenvalue weighted by molar-refractivity contribution is 6.82. The fourth-order valence-electron chi connectivity index (χ4n) is 5.41. The van der Waals surface area contributed by atoms with Gasteiger partial charge in [0.25, 0.3) is 0 Å². The maximum Gasteiger partial charge on any atom is 0.193 e. The Labute approximate surface area is 174 Å². The topological polar surface area (TPSA) is 35.2 Å². The Morgan fingerprint density at radius 2 is 1.30 bits per heavy atom. The van der Waals surface area contributed by atoms with E-state index in [1.807, 2.05) is 0 Å². The van der Waals surface area contributed by atoms with Gasteiger partial charge in [-0.3, -0.25) is 0 Å². The van der Waals surface area contributed by atoms with Crippen LogP contribution >= 0.6 is 0 Å². The van der Waals surface area contributed by atoms with E-state index >= 15 is 0 Å². The zero-order valence-electron chi connectivity index (χ0n) is 21.2. The molecule has 0 saturated carbocycles. The van der Waals surface area contributed by atoms with Crippen LogP contribution in [0.25, 0.3) is 0 Å². The molecule has 4 heteroatoms. The van der Waals surface area contributed by atoms with Crippen molar-refractivity contribution in [2.75, 3.05) is 6.54 Å². The quantitative estimate of drug-likeness (QED) is 0.352. The molecule has 2 unspecified atom stereocenters. The number of nitrogens with two attached hydrogens (primary N) is 1. The minimum Gasteiger partial charge on any atom is -0.414 e. The van der Waals surface area contributed by atoms with Gasteiger partial charge in [-0.15, -0.1) is 0 Å². The first-order valence-corrected chi connectivity index (χ1v) is 17.4. The van der Waals surface area contributed by atoms with Crippen molar-refractivity contribution in [1.82, 2.24) is 0 Å². The average Bonchev–Trinajstić information content (AvgIpc) is 2.48. The predicted octanol–water partition coefficient (Wildman–Crippen LogP) is 7.61. The van der Waals surface area contributed by atoms with Crippen molar-refractivity contribution in [3.05, 3.63) is 0 Å². The fraction of sp³-hybridized carbons (Fsp3) is 1.00. The van der Waals surface area contributed by atoms with E-state index in [2.05, 4.69) is 88.5 Å². The molecule has 0 aliphatic rings. The first kappa shape index (κ1) is 27.4. The molecule has 2 N–H and O–H groups in total. The molecule has 0 aromatic heterocycles. The number of rotatable bonds is 11. The molecular formula is C23H53NOSi2. The van der Waals surface area contributed by atoms with E-state index in [-0.39, 0.29) is 15.7 Å². The highest BCUT2D eigenvalue weighted by atomic mass is 28.4.